The van der Waals surface area contributed by atoms with Crippen molar-refractivity contribution < 1.29 is 28.7 Å². The first-order chi connectivity index (χ1) is 21.9. The van der Waals surface area contributed by atoms with Crippen LogP contribution in [0.1, 0.15) is 45.7 Å². The lowest BCUT2D eigenvalue weighted by molar-refractivity contribution is -0.385. The molecule has 1 amide bonds. The van der Waals surface area contributed by atoms with Crippen LogP contribution in [0.4, 0.5) is 16.2 Å². The fourth-order valence-corrected chi connectivity index (χ4v) is 5.70. The van der Waals surface area contributed by atoms with Gasteiger partial charge in [-0.15, -0.1) is 0 Å². The average molecular weight is 633 g/mol. The van der Waals surface area contributed by atoms with Crippen LogP contribution in [-0.4, -0.2) is 73.8 Å². The summed E-state index contributed by atoms with van der Waals surface area (Å²) in [5.41, 5.74) is 5.05. The van der Waals surface area contributed by atoms with Gasteiger partial charge in [0.05, 0.1) is 30.7 Å². The van der Waals surface area contributed by atoms with Crippen molar-refractivity contribution in [2.75, 3.05) is 52.8 Å². The Morgan fingerprint density at radius 3 is 2.28 bits per heavy atom. The van der Waals surface area contributed by atoms with Gasteiger partial charge in [-0.25, -0.2) is 4.79 Å². The number of nitrogens with zero attached hydrogens (tertiary/aromatic N) is 3. The van der Waals surface area contributed by atoms with Crippen molar-refractivity contribution in [3.8, 4) is 34.1 Å². The van der Waals surface area contributed by atoms with Crippen LogP contribution in [-0.2, 0) is 6.61 Å². The standard InChI is InChI=1S/C35H44N4O7/c1-9-38(10-2)18-17-37(6)34(40)46-25-12-13-27(31(20-25)44-8)26-14-15-29-33(23(3)21-35(4,5)36-29)28(26)22-45-32-19-24(39(41)42)11-16-30(32)43-7/h11-16,19-21,36H,9-10,17-18,22H2,1-8H3. The summed E-state index contributed by atoms with van der Waals surface area (Å²) in [7, 11) is 4.78. The number of anilines is 1. The summed E-state index contributed by atoms with van der Waals surface area (Å²) in [6.45, 7) is 13.6. The number of hydrogen-bond donors (Lipinski definition) is 1. The smallest absolute Gasteiger partial charge is 0.415 e. The van der Waals surface area contributed by atoms with E-state index >= 15 is 0 Å². The van der Waals surface area contributed by atoms with Crippen LogP contribution < -0.4 is 24.3 Å². The predicted molar refractivity (Wildman–Crippen MR) is 180 cm³/mol. The minimum atomic E-state index is -0.469. The normalized spacial score (nSPS) is 13.3. The van der Waals surface area contributed by atoms with Gasteiger partial charge in [-0.05, 0) is 69.3 Å². The monoisotopic (exact) mass is 632 g/mol. The van der Waals surface area contributed by atoms with E-state index in [1.165, 1.54) is 25.3 Å². The van der Waals surface area contributed by atoms with Gasteiger partial charge in [-0.1, -0.05) is 26.0 Å². The molecule has 0 spiro atoms. The van der Waals surface area contributed by atoms with Gasteiger partial charge in [0.15, 0.2) is 11.5 Å². The van der Waals surface area contributed by atoms with E-state index in [9.17, 15) is 14.9 Å². The van der Waals surface area contributed by atoms with Crippen molar-refractivity contribution in [1.29, 1.82) is 0 Å². The van der Waals surface area contributed by atoms with Gasteiger partial charge in [0.1, 0.15) is 18.1 Å². The molecule has 11 heteroatoms. The number of likely N-dealkylation sites (N-methyl/N-ethyl adjacent to an activating group) is 2. The number of benzene rings is 3. The molecule has 0 atom stereocenters. The number of fused-ring (bicyclic) bond motifs is 1. The number of amides is 1. The number of hydrogen-bond acceptors (Lipinski definition) is 9. The molecule has 0 unspecified atom stereocenters. The fourth-order valence-electron chi connectivity index (χ4n) is 5.70. The first-order valence-electron chi connectivity index (χ1n) is 15.3. The van der Waals surface area contributed by atoms with E-state index in [0.717, 1.165) is 53.1 Å². The van der Waals surface area contributed by atoms with E-state index in [0.29, 0.717) is 23.8 Å². The van der Waals surface area contributed by atoms with Crippen molar-refractivity contribution >= 4 is 23.0 Å². The molecule has 46 heavy (non-hydrogen) atoms. The number of carbonyl (C=O) groups is 1. The van der Waals surface area contributed by atoms with Crippen LogP contribution in [0.5, 0.6) is 23.0 Å². The second-order valence-electron chi connectivity index (χ2n) is 11.7. The number of carbonyl (C=O) groups excluding carboxylic acids is 1. The third-order valence-electron chi connectivity index (χ3n) is 8.10. The molecule has 0 saturated heterocycles. The Labute approximate surface area is 270 Å². The summed E-state index contributed by atoms with van der Waals surface area (Å²) in [4.78, 5) is 27.7. The summed E-state index contributed by atoms with van der Waals surface area (Å²) in [5, 5.41) is 15.1. The number of ether oxygens (including phenoxy) is 4. The van der Waals surface area contributed by atoms with Crippen LogP contribution in [0.15, 0.2) is 54.6 Å². The number of nitrogens with one attached hydrogen (secondary N) is 1. The summed E-state index contributed by atoms with van der Waals surface area (Å²) >= 11 is 0. The Bertz CT molecular complexity index is 1610. The molecule has 1 N–H and O–H groups in total. The maximum absolute atomic E-state index is 12.9. The van der Waals surface area contributed by atoms with Crippen LogP contribution in [0, 0.1) is 10.1 Å². The molecule has 4 rings (SSSR count). The number of non-ortho nitro benzene ring substituents is 1. The topological polar surface area (TPSA) is 116 Å². The van der Waals surface area contributed by atoms with E-state index in [1.54, 1.807) is 31.2 Å². The number of nitro benzene ring substituents is 1. The van der Waals surface area contributed by atoms with Gasteiger partial charge in [0.25, 0.3) is 5.69 Å². The zero-order valence-electron chi connectivity index (χ0n) is 27.9. The van der Waals surface area contributed by atoms with Gasteiger partial charge in [0, 0.05) is 54.6 Å². The van der Waals surface area contributed by atoms with E-state index in [-0.39, 0.29) is 23.6 Å². The van der Waals surface area contributed by atoms with Gasteiger partial charge in [-0.3, -0.25) is 10.1 Å². The Morgan fingerprint density at radius 2 is 1.63 bits per heavy atom. The quantitative estimate of drug-likeness (QED) is 0.154. The minimum Gasteiger partial charge on any atom is -0.496 e. The van der Waals surface area contributed by atoms with E-state index < -0.39 is 11.0 Å². The molecule has 3 aromatic rings. The molecule has 0 fully saturated rings. The van der Waals surface area contributed by atoms with Gasteiger partial charge >= 0.3 is 6.09 Å². The number of rotatable bonds is 13. The molecule has 1 aliphatic rings. The Hall–Kier alpha value is -4.77. The molecule has 0 radical (unpaired) electrons. The number of allylic oxidation sites excluding steroid dienone is 1. The molecule has 3 aromatic carbocycles. The van der Waals surface area contributed by atoms with Gasteiger partial charge in [-0.2, -0.15) is 0 Å². The predicted octanol–water partition coefficient (Wildman–Crippen LogP) is 7.24. The average Bonchev–Trinajstić information content (AvgIpc) is 3.03. The van der Waals surface area contributed by atoms with E-state index in [1.807, 2.05) is 18.2 Å². The highest BCUT2D eigenvalue weighted by Crippen LogP contribution is 2.44. The van der Waals surface area contributed by atoms with Crippen molar-refractivity contribution in [3.63, 3.8) is 0 Å². The molecule has 0 bridgehead atoms. The lowest BCUT2D eigenvalue weighted by Gasteiger charge is -2.33. The fraction of sp³-hybridized carbons (Fsp3) is 0.400. The van der Waals surface area contributed by atoms with Crippen LogP contribution in [0.25, 0.3) is 16.7 Å². The number of nitro groups is 1. The summed E-state index contributed by atoms with van der Waals surface area (Å²) in [5.74, 6) is 1.51. The zero-order chi connectivity index (χ0) is 33.6. The molecular formula is C35H44N4O7. The van der Waals surface area contributed by atoms with Crippen molar-refractivity contribution in [2.45, 2.75) is 46.8 Å². The first kappa shape index (κ1) is 34.1. The summed E-state index contributed by atoms with van der Waals surface area (Å²) in [6.07, 6.45) is 1.71. The van der Waals surface area contributed by atoms with Crippen LogP contribution in [0.3, 0.4) is 0 Å². The molecular weight excluding hydrogens is 588 g/mol. The van der Waals surface area contributed by atoms with E-state index in [4.69, 9.17) is 18.9 Å². The highest BCUT2D eigenvalue weighted by molar-refractivity contribution is 5.88. The van der Waals surface area contributed by atoms with Gasteiger partial charge in [0.2, 0.25) is 0 Å². The molecule has 0 saturated carbocycles. The van der Waals surface area contributed by atoms with Crippen molar-refractivity contribution in [3.05, 3.63) is 75.8 Å². The maximum Gasteiger partial charge on any atom is 0.415 e. The first-order valence-corrected chi connectivity index (χ1v) is 15.3. The lowest BCUT2D eigenvalue weighted by Crippen LogP contribution is -2.37. The minimum absolute atomic E-state index is 0.0839. The Morgan fingerprint density at radius 1 is 0.935 bits per heavy atom. The highest BCUT2D eigenvalue weighted by Gasteiger charge is 2.27. The maximum atomic E-state index is 12.9. The lowest BCUT2D eigenvalue weighted by atomic mass is 9.85. The van der Waals surface area contributed by atoms with Gasteiger partial charge < -0.3 is 34.1 Å². The second kappa shape index (κ2) is 14.6. The molecule has 0 aromatic heterocycles. The molecule has 11 nitrogen and oxygen atoms in total. The Kier molecular flexibility index (Phi) is 10.8. The van der Waals surface area contributed by atoms with Crippen molar-refractivity contribution in [1.82, 2.24) is 9.80 Å². The molecule has 1 heterocycles. The third kappa shape index (κ3) is 7.71. The van der Waals surface area contributed by atoms with Crippen LogP contribution >= 0.6 is 0 Å². The third-order valence-corrected chi connectivity index (χ3v) is 8.10. The summed E-state index contributed by atoms with van der Waals surface area (Å²) in [6, 6.07) is 13.6. The van der Waals surface area contributed by atoms with Crippen LogP contribution in [0.2, 0.25) is 0 Å². The second-order valence-corrected chi connectivity index (χ2v) is 11.7. The van der Waals surface area contributed by atoms with Crippen molar-refractivity contribution in [2.24, 2.45) is 0 Å². The molecule has 0 aliphatic carbocycles. The largest absolute Gasteiger partial charge is 0.496 e. The number of methoxy groups -OCH3 is 2. The molecule has 246 valence electrons. The SMILES string of the molecule is CCN(CC)CCN(C)C(=O)Oc1ccc(-c2ccc3c(c2COc2cc([N+](=O)[O-])ccc2OC)C(C)=CC(C)(C)N3)c(OC)c1. The Balaban J connectivity index is 1.71. The molecule has 1 aliphatic heterocycles. The summed E-state index contributed by atoms with van der Waals surface area (Å²) < 4.78 is 23.2. The zero-order valence-corrected chi connectivity index (χ0v) is 27.9. The van der Waals surface area contributed by atoms with E-state index in [2.05, 4.69) is 50.9 Å². The highest BCUT2D eigenvalue weighted by atomic mass is 16.6.